The highest BCUT2D eigenvalue weighted by atomic mass is 16.5. The van der Waals surface area contributed by atoms with Crippen molar-refractivity contribution < 1.29 is 14.3 Å². The van der Waals surface area contributed by atoms with Crippen LogP contribution in [0.15, 0.2) is 6.07 Å². The Bertz CT molecular complexity index is 559. The van der Waals surface area contributed by atoms with Crippen molar-refractivity contribution in [1.29, 1.82) is 0 Å². The summed E-state index contributed by atoms with van der Waals surface area (Å²) in [6, 6.07) is 1.05. The first kappa shape index (κ1) is 15.4. The number of nitrogens with zero attached hydrogens (tertiary/aromatic N) is 3. The summed E-state index contributed by atoms with van der Waals surface area (Å²) in [5, 5.41) is 3.03. The van der Waals surface area contributed by atoms with E-state index in [1.165, 1.54) is 4.90 Å². The maximum Gasteiger partial charge on any atom is 0.252 e. The van der Waals surface area contributed by atoms with E-state index in [1.54, 1.807) is 13.2 Å². The molecule has 0 bridgehead atoms. The lowest BCUT2D eigenvalue weighted by Gasteiger charge is -2.19. The number of carbonyl (C=O) groups is 2. The van der Waals surface area contributed by atoms with E-state index in [0.717, 1.165) is 5.69 Å². The molecule has 7 heteroatoms. The maximum absolute atomic E-state index is 12.2. The minimum atomic E-state index is -0.565. The van der Waals surface area contributed by atoms with E-state index in [2.05, 4.69) is 15.3 Å². The van der Waals surface area contributed by atoms with Crippen molar-refractivity contribution >= 4 is 17.6 Å². The first-order chi connectivity index (χ1) is 9.92. The van der Waals surface area contributed by atoms with E-state index in [4.69, 9.17) is 4.74 Å². The van der Waals surface area contributed by atoms with Crippen LogP contribution in [0.4, 0.5) is 5.82 Å². The van der Waals surface area contributed by atoms with Gasteiger partial charge in [0.25, 0.3) is 5.91 Å². The Balaban J connectivity index is 2.15. The van der Waals surface area contributed by atoms with Crippen molar-refractivity contribution in [1.82, 2.24) is 14.9 Å². The summed E-state index contributed by atoms with van der Waals surface area (Å²) >= 11 is 0. The Hall–Kier alpha value is -2.02. The molecule has 1 aromatic rings. The molecule has 1 aromatic heterocycles. The summed E-state index contributed by atoms with van der Waals surface area (Å²) in [6.45, 7) is 5.79. The normalized spacial score (nSPS) is 18.7. The lowest BCUT2D eigenvalue weighted by atomic mass is 10.2. The van der Waals surface area contributed by atoms with E-state index in [9.17, 15) is 9.59 Å². The summed E-state index contributed by atoms with van der Waals surface area (Å²) in [5.74, 6) is 0.707. The molecule has 0 aromatic carbocycles. The predicted molar refractivity (Wildman–Crippen MR) is 76.5 cm³/mol. The quantitative estimate of drug-likeness (QED) is 0.811. The molecule has 0 spiro atoms. The monoisotopic (exact) mass is 292 g/mol. The predicted octanol–water partition coefficient (Wildman–Crippen LogP) is 0.879. The van der Waals surface area contributed by atoms with Crippen molar-refractivity contribution in [2.24, 2.45) is 0 Å². The summed E-state index contributed by atoms with van der Waals surface area (Å²) in [4.78, 5) is 33.9. The molecule has 0 aliphatic carbocycles. The number of likely N-dealkylation sites (tertiary alicyclic amines) is 1. The van der Waals surface area contributed by atoms with Gasteiger partial charge in [-0.2, -0.15) is 0 Å². The minimum absolute atomic E-state index is 0.131. The van der Waals surface area contributed by atoms with Crippen LogP contribution in [0.3, 0.4) is 0 Å². The molecule has 7 nitrogen and oxygen atoms in total. The highest BCUT2D eigenvalue weighted by molar-refractivity contribution is 6.07. The van der Waals surface area contributed by atoms with Crippen molar-refractivity contribution in [2.45, 2.75) is 45.9 Å². The molecule has 1 aliphatic rings. The molecule has 21 heavy (non-hydrogen) atoms. The number of carbonyl (C=O) groups excluding carboxylic acids is 2. The number of nitrogens with one attached hydrogen (secondary N) is 1. The van der Waals surface area contributed by atoms with Crippen LogP contribution in [0.2, 0.25) is 0 Å². The fourth-order valence-electron chi connectivity index (χ4n) is 2.38. The van der Waals surface area contributed by atoms with Gasteiger partial charge in [-0.15, -0.1) is 0 Å². The second kappa shape index (κ2) is 6.17. The maximum atomic E-state index is 12.2. The molecule has 1 aliphatic heterocycles. The number of hydrogen-bond acceptors (Lipinski definition) is 6. The highest BCUT2D eigenvalue weighted by Crippen LogP contribution is 2.20. The van der Waals surface area contributed by atoms with Gasteiger partial charge >= 0.3 is 0 Å². The number of aryl methyl sites for hydroxylation is 1. The van der Waals surface area contributed by atoms with E-state index in [-0.39, 0.29) is 24.3 Å². The van der Waals surface area contributed by atoms with Crippen LogP contribution < -0.4 is 5.32 Å². The summed E-state index contributed by atoms with van der Waals surface area (Å²) in [7, 11) is 1.57. The molecule has 1 saturated heterocycles. The summed E-state index contributed by atoms with van der Waals surface area (Å²) in [6.07, 6.45) is 0.152. The van der Waals surface area contributed by atoms with Gasteiger partial charge in [-0.1, -0.05) is 0 Å². The van der Waals surface area contributed by atoms with Gasteiger partial charge in [-0.3, -0.25) is 14.5 Å². The third kappa shape index (κ3) is 3.36. The van der Waals surface area contributed by atoms with Crippen LogP contribution in [0, 0.1) is 6.92 Å². The molecule has 2 heterocycles. The van der Waals surface area contributed by atoms with Crippen LogP contribution in [0.5, 0.6) is 0 Å². The van der Waals surface area contributed by atoms with Gasteiger partial charge in [0.1, 0.15) is 18.5 Å². The van der Waals surface area contributed by atoms with Crippen LogP contribution in [-0.2, 0) is 20.9 Å². The fraction of sp³-hybridized carbons (Fsp3) is 0.571. The SMILES string of the molecule is COCc1nc(C)cc(NC2CC(=O)N(C(C)C)C2=O)n1. The van der Waals surface area contributed by atoms with Crippen LogP contribution in [0.25, 0.3) is 0 Å². The van der Waals surface area contributed by atoms with E-state index in [0.29, 0.717) is 18.2 Å². The Morgan fingerprint density at radius 1 is 1.43 bits per heavy atom. The molecule has 2 amide bonds. The number of aromatic nitrogens is 2. The molecule has 1 unspecified atom stereocenters. The number of rotatable bonds is 5. The van der Waals surface area contributed by atoms with Gasteiger partial charge in [-0.05, 0) is 20.8 Å². The molecule has 0 radical (unpaired) electrons. The molecule has 1 N–H and O–H groups in total. The highest BCUT2D eigenvalue weighted by Gasteiger charge is 2.40. The second-order valence-corrected chi connectivity index (χ2v) is 5.34. The number of amides is 2. The molecule has 2 rings (SSSR count). The summed E-state index contributed by atoms with van der Waals surface area (Å²) in [5.41, 5.74) is 0.775. The molecule has 1 atom stereocenters. The summed E-state index contributed by atoms with van der Waals surface area (Å²) < 4.78 is 5.01. The number of ether oxygens (including phenoxy) is 1. The van der Waals surface area contributed by atoms with Crippen LogP contribution in [0.1, 0.15) is 31.8 Å². The van der Waals surface area contributed by atoms with Gasteiger partial charge in [-0.25, -0.2) is 9.97 Å². The van der Waals surface area contributed by atoms with Crippen molar-refractivity contribution in [3.8, 4) is 0 Å². The smallest absolute Gasteiger partial charge is 0.252 e. The van der Waals surface area contributed by atoms with Gasteiger partial charge < -0.3 is 10.1 Å². The molecule has 114 valence electrons. The first-order valence-corrected chi connectivity index (χ1v) is 6.88. The topological polar surface area (TPSA) is 84.4 Å². The average molecular weight is 292 g/mol. The molecular formula is C14H20N4O3. The van der Waals surface area contributed by atoms with E-state index in [1.807, 2.05) is 20.8 Å². The van der Waals surface area contributed by atoms with Gasteiger partial charge in [0.15, 0.2) is 5.82 Å². The number of imide groups is 1. The van der Waals surface area contributed by atoms with E-state index < -0.39 is 6.04 Å². The molecule has 0 saturated carbocycles. The third-order valence-electron chi connectivity index (χ3n) is 3.20. The third-order valence-corrected chi connectivity index (χ3v) is 3.20. The Labute approximate surface area is 123 Å². The van der Waals surface area contributed by atoms with Gasteiger partial charge in [0.2, 0.25) is 5.91 Å². The largest absolute Gasteiger partial charge is 0.377 e. The van der Waals surface area contributed by atoms with Gasteiger partial charge in [0, 0.05) is 24.9 Å². The van der Waals surface area contributed by atoms with E-state index >= 15 is 0 Å². The number of hydrogen-bond donors (Lipinski definition) is 1. The van der Waals surface area contributed by atoms with Crippen LogP contribution in [-0.4, -0.2) is 45.9 Å². The lowest BCUT2D eigenvalue weighted by molar-refractivity contribution is -0.140. The van der Waals surface area contributed by atoms with Crippen molar-refractivity contribution in [3.63, 3.8) is 0 Å². The number of anilines is 1. The Morgan fingerprint density at radius 3 is 2.71 bits per heavy atom. The zero-order valence-corrected chi connectivity index (χ0v) is 12.7. The van der Waals surface area contributed by atoms with Crippen molar-refractivity contribution in [2.75, 3.05) is 12.4 Å². The van der Waals surface area contributed by atoms with Gasteiger partial charge in [0.05, 0.1) is 6.42 Å². The van der Waals surface area contributed by atoms with Crippen LogP contribution >= 0.6 is 0 Å². The second-order valence-electron chi connectivity index (χ2n) is 5.34. The first-order valence-electron chi connectivity index (χ1n) is 6.88. The Morgan fingerprint density at radius 2 is 2.14 bits per heavy atom. The average Bonchev–Trinajstić information content (AvgIpc) is 2.63. The Kier molecular flexibility index (Phi) is 4.52. The lowest BCUT2D eigenvalue weighted by Crippen LogP contribution is -2.39. The minimum Gasteiger partial charge on any atom is -0.377 e. The fourth-order valence-corrected chi connectivity index (χ4v) is 2.38. The standard InChI is InChI=1S/C14H20N4O3/c1-8(2)18-13(19)6-10(14(18)20)16-11-5-9(3)15-12(17-11)7-21-4/h5,8,10H,6-7H2,1-4H3,(H,15,16,17). The number of methoxy groups -OCH3 is 1. The molecule has 1 fully saturated rings. The zero-order chi connectivity index (χ0) is 15.6. The molecular weight excluding hydrogens is 272 g/mol. The van der Waals surface area contributed by atoms with Crippen molar-refractivity contribution in [3.05, 3.63) is 17.6 Å². The zero-order valence-electron chi connectivity index (χ0n) is 12.7.